The first-order valence-electron chi connectivity index (χ1n) is 20.8. The predicted octanol–water partition coefficient (Wildman–Crippen LogP) is 5.61. The number of hydrogen-bond acceptors (Lipinski definition) is 9. The zero-order valence-corrected chi connectivity index (χ0v) is 36.0. The number of aryl methyl sites for hydroxylation is 1. The Labute approximate surface area is 358 Å². The van der Waals surface area contributed by atoms with E-state index in [1.807, 2.05) is 120 Å². The number of aliphatic hydroxyl groups is 1. The van der Waals surface area contributed by atoms with Gasteiger partial charge in [0.1, 0.15) is 12.6 Å². The summed E-state index contributed by atoms with van der Waals surface area (Å²) in [6.07, 6.45) is 1.28. The summed E-state index contributed by atoms with van der Waals surface area (Å²) in [6, 6.07) is 25.4. The van der Waals surface area contributed by atoms with Gasteiger partial charge in [0.25, 0.3) is 5.91 Å². The van der Waals surface area contributed by atoms with Crippen molar-refractivity contribution in [3.8, 4) is 11.3 Å². The average molecular weight is 834 g/mol. The van der Waals surface area contributed by atoms with Crippen LogP contribution in [0.3, 0.4) is 0 Å². The van der Waals surface area contributed by atoms with E-state index in [2.05, 4.69) is 25.9 Å². The van der Waals surface area contributed by atoms with Gasteiger partial charge in [-0.25, -0.2) is 9.59 Å². The number of nitrogens with zero attached hydrogens (tertiary/aromatic N) is 4. The highest BCUT2D eigenvalue weighted by Crippen LogP contribution is 2.25. The molecule has 4 N–H and O–H groups in total. The Morgan fingerprint density at radius 1 is 0.902 bits per heavy atom. The molecule has 1 aliphatic heterocycles. The second-order valence-corrected chi connectivity index (χ2v) is 16.7. The van der Waals surface area contributed by atoms with Crippen LogP contribution in [0.4, 0.5) is 9.59 Å². The molecule has 0 aliphatic carbocycles. The topological polar surface area (TPSA) is 183 Å². The highest BCUT2D eigenvalue weighted by Gasteiger charge is 2.45. The zero-order chi connectivity index (χ0) is 44.1. The first-order chi connectivity index (χ1) is 29.2. The number of aromatic nitrogens is 2. The van der Waals surface area contributed by atoms with E-state index in [4.69, 9.17) is 4.74 Å². The molecule has 0 saturated carbocycles. The second kappa shape index (κ2) is 21.4. The molecule has 0 bridgehead atoms. The number of ether oxygens (including phenoxy) is 1. The highest BCUT2D eigenvalue weighted by molar-refractivity contribution is 6.04. The van der Waals surface area contributed by atoms with Crippen molar-refractivity contribution in [2.24, 2.45) is 11.3 Å². The quantitative estimate of drug-likeness (QED) is 0.0823. The Bertz CT molecular complexity index is 2100. The summed E-state index contributed by atoms with van der Waals surface area (Å²) in [5.41, 5.74) is 4.22. The van der Waals surface area contributed by atoms with Crippen LogP contribution in [-0.4, -0.2) is 99.1 Å². The van der Waals surface area contributed by atoms with Crippen molar-refractivity contribution in [2.75, 3.05) is 20.2 Å². The molecule has 5 atom stereocenters. The number of benzene rings is 2. The standard InChI is InChI=1S/C47H59N7O7/c1-7-31(2)43(54-29-42(57)53(46(54)60)28-36-17-13-14-32(3)50-36)44(58)52-39(25-33-15-9-8-10-16-33)40(55)26-37(51-41(56)27-47(4,5)30-49-45(59)61-6)24-34-19-21-35(22-20-34)38-18-11-12-23-48-38/h8-23,31,37,39-40,43,55H,7,24-30H2,1-6H3,(H,49,59)(H,51,56)(H,52,58). The number of carbonyl (C=O) groups is 5. The van der Waals surface area contributed by atoms with Gasteiger partial charge in [-0.15, -0.1) is 0 Å². The summed E-state index contributed by atoms with van der Waals surface area (Å²) in [5.74, 6) is -1.52. The van der Waals surface area contributed by atoms with Crippen LogP contribution in [0.1, 0.15) is 69.5 Å². The fourth-order valence-electron chi connectivity index (χ4n) is 7.57. The fraction of sp³-hybridized carbons (Fsp3) is 0.426. The Balaban J connectivity index is 1.39. The number of urea groups is 1. The third-order valence-corrected chi connectivity index (χ3v) is 11.1. The summed E-state index contributed by atoms with van der Waals surface area (Å²) in [5, 5.41) is 21.0. The number of pyridine rings is 2. The number of methoxy groups -OCH3 is 1. The van der Waals surface area contributed by atoms with E-state index in [1.54, 1.807) is 12.3 Å². The van der Waals surface area contributed by atoms with E-state index in [1.165, 1.54) is 12.0 Å². The number of rotatable bonds is 20. The molecule has 324 valence electrons. The van der Waals surface area contributed by atoms with Crippen molar-refractivity contribution in [2.45, 2.75) is 97.5 Å². The van der Waals surface area contributed by atoms with Crippen molar-refractivity contribution in [3.05, 3.63) is 120 Å². The molecule has 1 aliphatic rings. The van der Waals surface area contributed by atoms with Crippen molar-refractivity contribution in [3.63, 3.8) is 0 Å². The summed E-state index contributed by atoms with van der Waals surface area (Å²) >= 11 is 0. The molecule has 2 aromatic heterocycles. The molecule has 1 saturated heterocycles. The molecule has 14 nitrogen and oxygen atoms in total. The fourth-order valence-corrected chi connectivity index (χ4v) is 7.57. The van der Waals surface area contributed by atoms with E-state index in [0.717, 1.165) is 33.0 Å². The Kier molecular flexibility index (Phi) is 16.1. The van der Waals surface area contributed by atoms with Gasteiger partial charge in [0.2, 0.25) is 11.8 Å². The zero-order valence-electron chi connectivity index (χ0n) is 36.0. The van der Waals surface area contributed by atoms with Gasteiger partial charge in [0, 0.05) is 36.5 Å². The SMILES string of the molecule is CCC(C)C(C(=O)NC(Cc1ccccc1)C(O)CC(Cc1ccc(-c2ccccn2)cc1)NC(=O)CC(C)(C)CNC(=O)OC)N1CC(=O)N(Cc2cccc(C)n2)C1=O. The molecule has 2 aromatic carbocycles. The molecule has 1 fully saturated rings. The van der Waals surface area contributed by atoms with Gasteiger partial charge in [-0.2, -0.15) is 0 Å². The van der Waals surface area contributed by atoms with Crippen LogP contribution in [0.25, 0.3) is 11.3 Å². The van der Waals surface area contributed by atoms with Gasteiger partial charge in [-0.3, -0.25) is 29.3 Å². The van der Waals surface area contributed by atoms with Crippen LogP contribution in [0.2, 0.25) is 0 Å². The number of amides is 6. The van der Waals surface area contributed by atoms with E-state index in [0.29, 0.717) is 18.5 Å². The molecule has 0 spiro atoms. The van der Waals surface area contributed by atoms with Gasteiger partial charge in [-0.1, -0.05) is 101 Å². The smallest absolute Gasteiger partial charge is 0.406 e. The number of nitrogens with one attached hydrogen (secondary N) is 3. The number of aliphatic hydroxyl groups excluding tert-OH is 1. The maximum atomic E-state index is 14.5. The van der Waals surface area contributed by atoms with Crippen LogP contribution in [0.5, 0.6) is 0 Å². The third-order valence-electron chi connectivity index (χ3n) is 11.1. The highest BCUT2D eigenvalue weighted by atomic mass is 16.5. The molecule has 0 radical (unpaired) electrons. The summed E-state index contributed by atoms with van der Waals surface area (Å²) < 4.78 is 4.71. The number of carbonyl (C=O) groups excluding carboxylic acids is 5. The van der Waals surface area contributed by atoms with Crippen molar-refractivity contribution < 1.29 is 33.8 Å². The van der Waals surface area contributed by atoms with Crippen LogP contribution >= 0.6 is 0 Å². The minimum absolute atomic E-state index is 0.0159. The lowest BCUT2D eigenvalue weighted by molar-refractivity contribution is -0.129. The first-order valence-corrected chi connectivity index (χ1v) is 20.8. The number of hydrogen-bond donors (Lipinski definition) is 4. The number of imide groups is 1. The van der Waals surface area contributed by atoms with E-state index in [-0.39, 0.29) is 50.7 Å². The molecule has 6 amide bonds. The molecule has 14 heteroatoms. The van der Waals surface area contributed by atoms with Gasteiger partial charge in [0.05, 0.1) is 37.2 Å². The monoisotopic (exact) mass is 833 g/mol. The summed E-state index contributed by atoms with van der Waals surface area (Å²) in [6.45, 7) is 9.25. The maximum Gasteiger partial charge on any atom is 0.406 e. The number of alkyl carbamates (subject to hydrolysis) is 1. The van der Waals surface area contributed by atoms with Crippen molar-refractivity contribution >= 4 is 29.8 Å². The first kappa shape index (κ1) is 45.9. The lowest BCUT2D eigenvalue weighted by Crippen LogP contribution is -2.57. The lowest BCUT2D eigenvalue weighted by Gasteiger charge is -2.34. The molecule has 3 heterocycles. The minimum Gasteiger partial charge on any atom is -0.453 e. The average Bonchev–Trinajstić information content (AvgIpc) is 3.51. The molecule has 5 unspecified atom stereocenters. The van der Waals surface area contributed by atoms with Gasteiger partial charge < -0.3 is 30.7 Å². The van der Waals surface area contributed by atoms with E-state index >= 15 is 0 Å². The largest absolute Gasteiger partial charge is 0.453 e. The van der Waals surface area contributed by atoms with Crippen LogP contribution in [-0.2, 0) is 38.5 Å². The Morgan fingerprint density at radius 3 is 2.26 bits per heavy atom. The molecule has 4 aromatic rings. The molecular weight excluding hydrogens is 775 g/mol. The Hall–Kier alpha value is -6.15. The Morgan fingerprint density at radius 2 is 1.61 bits per heavy atom. The minimum atomic E-state index is -1.16. The second-order valence-electron chi connectivity index (χ2n) is 16.7. The molecule has 5 rings (SSSR count). The maximum absolute atomic E-state index is 14.5. The molecule has 61 heavy (non-hydrogen) atoms. The molecular formula is C47H59N7O7. The van der Waals surface area contributed by atoms with Crippen LogP contribution in [0, 0.1) is 18.3 Å². The summed E-state index contributed by atoms with van der Waals surface area (Å²) in [7, 11) is 1.28. The normalized spacial score (nSPS) is 15.4. The lowest BCUT2D eigenvalue weighted by atomic mass is 9.88. The third kappa shape index (κ3) is 13.2. The van der Waals surface area contributed by atoms with Crippen molar-refractivity contribution in [1.29, 1.82) is 0 Å². The van der Waals surface area contributed by atoms with E-state index < -0.39 is 53.6 Å². The predicted molar refractivity (Wildman–Crippen MR) is 232 cm³/mol. The van der Waals surface area contributed by atoms with Crippen LogP contribution in [0.15, 0.2) is 97.2 Å². The van der Waals surface area contributed by atoms with Gasteiger partial charge >= 0.3 is 12.1 Å². The van der Waals surface area contributed by atoms with Crippen LogP contribution < -0.4 is 16.0 Å². The van der Waals surface area contributed by atoms with Gasteiger partial charge in [0.15, 0.2) is 0 Å². The van der Waals surface area contributed by atoms with E-state index in [9.17, 15) is 29.1 Å². The van der Waals surface area contributed by atoms with Crippen molar-refractivity contribution in [1.82, 2.24) is 35.7 Å². The van der Waals surface area contributed by atoms with Gasteiger partial charge in [-0.05, 0) is 72.9 Å². The summed E-state index contributed by atoms with van der Waals surface area (Å²) in [4.78, 5) is 78.6.